The molecule has 0 saturated carbocycles. The van der Waals surface area contributed by atoms with Gasteiger partial charge in [-0.25, -0.2) is 0 Å². The van der Waals surface area contributed by atoms with Crippen LogP contribution in [0.2, 0.25) is 0 Å². The lowest BCUT2D eigenvalue weighted by Crippen LogP contribution is -2.52. The molecule has 148 valence electrons. The lowest BCUT2D eigenvalue weighted by molar-refractivity contribution is -0.137. The summed E-state index contributed by atoms with van der Waals surface area (Å²) in [4.78, 5) is 50.1. The number of Topliss-reactive ketones (excluding diaryl/α,β-unsaturated/α-hetero) is 1. The van der Waals surface area contributed by atoms with Crippen LogP contribution < -0.4 is 10.6 Å². The van der Waals surface area contributed by atoms with Gasteiger partial charge in [-0.3, -0.25) is 24.5 Å². The lowest BCUT2D eigenvalue weighted by Gasteiger charge is -2.29. The number of imide groups is 1. The highest BCUT2D eigenvalue weighted by Gasteiger charge is 2.39. The molecular weight excluding hydrogens is 358 g/mol. The second-order valence-electron chi connectivity index (χ2n) is 7.88. The maximum Gasteiger partial charge on any atom is 0.255 e. The molecule has 2 saturated heterocycles. The molecule has 2 fully saturated rings. The fraction of sp³-hybridized carbons (Fsp3) is 0.524. The van der Waals surface area contributed by atoms with Crippen LogP contribution in [-0.2, 0) is 27.3 Å². The van der Waals surface area contributed by atoms with Crippen molar-refractivity contribution in [1.29, 1.82) is 0 Å². The third-order valence-corrected chi connectivity index (χ3v) is 6.04. The number of benzene rings is 1. The predicted molar refractivity (Wildman–Crippen MR) is 101 cm³/mol. The van der Waals surface area contributed by atoms with E-state index in [9.17, 15) is 19.2 Å². The first-order valence-corrected chi connectivity index (χ1v) is 10.0. The van der Waals surface area contributed by atoms with Gasteiger partial charge in [0, 0.05) is 30.9 Å². The highest BCUT2D eigenvalue weighted by molar-refractivity contribution is 6.05. The first kappa shape index (κ1) is 18.8. The van der Waals surface area contributed by atoms with Gasteiger partial charge in [0.05, 0.1) is 0 Å². The molecule has 7 heteroatoms. The van der Waals surface area contributed by atoms with Gasteiger partial charge in [-0.05, 0) is 56.0 Å². The molecule has 0 radical (unpaired) electrons. The van der Waals surface area contributed by atoms with E-state index in [4.69, 9.17) is 0 Å². The zero-order valence-corrected chi connectivity index (χ0v) is 15.8. The van der Waals surface area contributed by atoms with E-state index in [0.29, 0.717) is 37.2 Å². The van der Waals surface area contributed by atoms with Gasteiger partial charge in [-0.2, -0.15) is 0 Å². The van der Waals surface area contributed by atoms with E-state index >= 15 is 0 Å². The van der Waals surface area contributed by atoms with Crippen LogP contribution in [0, 0.1) is 5.92 Å². The van der Waals surface area contributed by atoms with Crippen molar-refractivity contribution in [2.75, 3.05) is 13.1 Å². The molecule has 28 heavy (non-hydrogen) atoms. The number of nitrogens with one attached hydrogen (secondary N) is 2. The summed E-state index contributed by atoms with van der Waals surface area (Å²) in [5.41, 5.74) is 2.54. The molecule has 0 spiro atoms. The average Bonchev–Trinajstić information content (AvgIpc) is 3.02. The summed E-state index contributed by atoms with van der Waals surface area (Å²) in [6.07, 6.45) is 3.64. The topological polar surface area (TPSA) is 95.6 Å². The molecule has 0 aromatic heterocycles. The number of hydrogen-bond acceptors (Lipinski definition) is 5. The smallest absolute Gasteiger partial charge is 0.255 e. The molecule has 7 nitrogen and oxygen atoms in total. The monoisotopic (exact) mass is 383 g/mol. The van der Waals surface area contributed by atoms with Gasteiger partial charge >= 0.3 is 0 Å². The second-order valence-corrected chi connectivity index (χ2v) is 7.88. The Labute approximate surface area is 163 Å². The Bertz CT molecular complexity index is 829. The van der Waals surface area contributed by atoms with E-state index in [2.05, 4.69) is 10.6 Å². The number of aryl methyl sites for hydroxylation is 1. The first-order valence-electron chi connectivity index (χ1n) is 10.0. The van der Waals surface area contributed by atoms with Crippen LogP contribution in [-0.4, -0.2) is 47.5 Å². The third kappa shape index (κ3) is 3.71. The Hall–Kier alpha value is -2.54. The zero-order valence-electron chi connectivity index (χ0n) is 15.8. The van der Waals surface area contributed by atoms with E-state index in [0.717, 1.165) is 37.1 Å². The summed E-state index contributed by atoms with van der Waals surface area (Å²) in [6, 6.07) is 5.09. The maximum atomic E-state index is 12.7. The van der Waals surface area contributed by atoms with E-state index in [1.165, 1.54) is 0 Å². The minimum atomic E-state index is -0.595. The molecule has 1 aromatic carbocycles. The van der Waals surface area contributed by atoms with E-state index in [-0.39, 0.29) is 24.2 Å². The Morgan fingerprint density at radius 1 is 1.11 bits per heavy atom. The number of amides is 3. The summed E-state index contributed by atoms with van der Waals surface area (Å²) in [6.45, 7) is 2.19. The van der Waals surface area contributed by atoms with Crippen LogP contribution in [0.15, 0.2) is 18.2 Å². The molecule has 4 rings (SSSR count). The molecule has 3 heterocycles. The molecule has 3 aliphatic heterocycles. The summed E-state index contributed by atoms with van der Waals surface area (Å²) >= 11 is 0. The van der Waals surface area contributed by atoms with Gasteiger partial charge in [0.1, 0.15) is 11.8 Å². The van der Waals surface area contributed by atoms with Crippen LogP contribution in [0.5, 0.6) is 0 Å². The fourth-order valence-electron chi connectivity index (χ4n) is 4.40. The number of hydrogen-bond donors (Lipinski definition) is 2. The largest absolute Gasteiger partial charge is 0.322 e. The number of ketones is 1. The number of carbonyl (C=O) groups is 4. The summed E-state index contributed by atoms with van der Waals surface area (Å²) in [5, 5.41) is 5.59. The molecule has 1 unspecified atom stereocenters. The molecule has 3 aliphatic rings. The Kier molecular flexibility index (Phi) is 5.26. The second kappa shape index (κ2) is 7.83. The number of piperidine rings is 2. The van der Waals surface area contributed by atoms with Crippen LogP contribution in [0.4, 0.5) is 0 Å². The van der Waals surface area contributed by atoms with Crippen LogP contribution in [0.1, 0.15) is 53.6 Å². The Balaban J connectivity index is 1.40. The van der Waals surface area contributed by atoms with Gasteiger partial charge in [-0.15, -0.1) is 0 Å². The molecule has 1 atom stereocenters. The molecule has 2 N–H and O–H groups in total. The van der Waals surface area contributed by atoms with Crippen LogP contribution in [0.3, 0.4) is 0 Å². The molecule has 3 amide bonds. The van der Waals surface area contributed by atoms with Crippen molar-refractivity contribution in [2.45, 2.75) is 51.1 Å². The Morgan fingerprint density at radius 3 is 2.64 bits per heavy atom. The van der Waals surface area contributed by atoms with Crippen molar-refractivity contribution in [3.63, 3.8) is 0 Å². The third-order valence-electron chi connectivity index (χ3n) is 6.04. The van der Waals surface area contributed by atoms with Gasteiger partial charge in [-0.1, -0.05) is 12.1 Å². The van der Waals surface area contributed by atoms with Gasteiger partial charge in [0.2, 0.25) is 11.8 Å². The first-order chi connectivity index (χ1) is 13.5. The zero-order chi connectivity index (χ0) is 19.7. The summed E-state index contributed by atoms with van der Waals surface area (Å²) < 4.78 is 0. The summed E-state index contributed by atoms with van der Waals surface area (Å²) in [5.74, 6) is -0.360. The minimum absolute atomic E-state index is 0.165. The number of rotatable bonds is 5. The van der Waals surface area contributed by atoms with Crippen molar-refractivity contribution in [1.82, 2.24) is 15.5 Å². The normalized spacial score (nSPS) is 22.9. The highest BCUT2D eigenvalue weighted by atomic mass is 16.2. The number of fused-ring (bicyclic) bond motifs is 1. The van der Waals surface area contributed by atoms with Gasteiger partial charge in [0.15, 0.2) is 0 Å². The van der Waals surface area contributed by atoms with Gasteiger partial charge < -0.3 is 10.2 Å². The fourth-order valence-corrected chi connectivity index (χ4v) is 4.40. The van der Waals surface area contributed by atoms with Crippen molar-refractivity contribution in [2.24, 2.45) is 5.92 Å². The SMILES string of the molecule is O=C1CCC(N2Cc3cc(CCC(=O)C4CCNCC4)ccc3C2=O)C(=O)N1. The molecular formula is C21H25N3O4. The molecule has 0 aliphatic carbocycles. The minimum Gasteiger partial charge on any atom is -0.322 e. The standard InChI is InChI=1S/C21H25N3O4/c25-18(14-7-9-22-10-8-14)5-2-13-1-3-16-15(11-13)12-24(21(16)28)17-4-6-19(26)23-20(17)27/h1,3,11,14,17,22H,2,4-10,12H2,(H,23,26,27). The van der Waals surface area contributed by atoms with E-state index in [1.54, 1.807) is 11.0 Å². The maximum absolute atomic E-state index is 12.7. The van der Waals surface area contributed by atoms with Crippen LogP contribution >= 0.6 is 0 Å². The molecule has 0 bridgehead atoms. The Morgan fingerprint density at radius 2 is 1.89 bits per heavy atom. The van der Waals surface area contributed by atoms with E-state index in [1.807, 2.05) is 12.1 Å². The predicted octanol–water partition coefficient (Wildman–Crippen LogP) is 0.949. The number of nitrogens with zero attached hydrogens (tertiary/aromatic N) is 1. The van der Waals surface area contributed by atoms with Crippen LogP contribution in [0.25, 0.3) is 0 Å². The van der Waals surface area contributed by atoms with Gasteiger partial charge in [0.25, 0.3) is 5.91 Å². The van der Waals surface area contributed by atoms with Crippen molar-refractivity contribution in [3.05, 3.63) is 34.9 Å². The van der Waals surface area contributed by atoms with Crippen molar-refractivity contribution in [3.8, 4) is 0 Å². The number of carbonyl (C=O) groups excluding carboxylic acids is 4. The van der Waals surface area contributed by atoms with E-state index < -0.39 is 11.9 Å². The quantitative estimate of drug-likeness (QED) is 0.738. The lowest BCUT2D eigenvalue weighted by atomic mass is 9.90. The molecule has 1 aromatic rings. The summed E-state index contributed by atoms with van der Waals surface area (Å²) in [7, 11) is 0. The van der Waals surface area contributed by atoms with Crippen molar-refractivity contribution >= 4 is 23.5 Å². The highest BCUT2D eigenvalue weighted by Crippen LogP contribution is 2.28. The average molecular weight is 383 g/mol. The van der Waals surface area contributed by atoms with Crippen molar-refractivity contribution < 1.29 is 19.2 Å².